The first-order valence-electron chi connectivity index (χ1n) is 10.4. The molecule has 1 aliphatic carbocycles. The number of piperidine rings is 1. The molecule has 0 spiro atoms. The lowest BCUT2D eigenvalue weighted by atomic mass is 9.73. The van der Waals surface area contributed by atoms with Crippen LogP contribution in [0.2, 0.25) is 0 Å². The lowest BCUT2D eigenvalue weighted by Gasteiger charge is -2.44. The Balaban J connectivity index is 0.000000913. The molecule has 1 saturated heterocycles. The van der Waals surface area contributed by atoms with E-state index in [1.165, 1.54) is 0 Å². The molecular formula is C23H27N3O6. The van der Waals surface area contributed by atoms with E-state index in [1.807, 2.05) is 35.2 Å². The number of nitrogens with zero attached hydrogens (tertiary/aromatic N) is 2. The van der Waals surface area contributed by atoms with Crippen molar-refractivity contribution in [3.05, 3.63) is 59.8 Å². The fourth-order valence-corrected chi connectivity index (χ4v) is 3.92. The van der Waals surface area contributed by atoms with Crippen LogP contribution in [0, 0.1) is 5.41 Å². The number of aliphatic hydroxyl groups excluding tert-OH is 1. The van der Waals surface area contributed by atoms with Gasteiger partial charge in [-0.3, -0.25) is 14.4 Å². The number of carboxylic acid groups (broad SMARTS) is 2. The van der Waals surface area contributed by atoms with Crippen LogP contribution in [0.3, 0.4) is 0 Å². The quantitative estimate of drug-likeness (QED) is 0.495. The van der Waals surface area contributed by atoms with Crippen molar-refractivity contribution in [1.29, 1.82) is 0 Å². The zero-order chi connectivity index (χ0) is 23.1. The van der Waals surface area contributed by atoms with Gasteiger partial charge in [0.2, 0.25) is 0 Å². The number of pyridine rings is 1. The number of rotatable bonds is 6. The zero-order valence-corrected chi connectivity index (χ0v) is 17.6. The van der Waals surface area contributed by atoms with E-state index in [4.69, 9.17) is 9.90 Å². The minimum absolute atomic E-state index is 0.124. The lowest BCUT2D eigenvalue weighted by molar-refractivity contribution is -0.157. The van der Waals surface area contributed by atoms with E-state index in [-0.39, 0.29) is 31.4 Å². The fourth-order valence-electron chi connectivity index (χ4n) is 3.92. The summed E-state index contributed by atoms with van der Waals surface area (Å²) in [6.07, 6.45) is 3.17. The Labute approximate surface area is 185 Å². The van der Waals surface area contributed by atoms with E-state index in [2.05, 4.69) is 10.3 Å². The molecule has 4 N–H and O–H groups in total. The molecule has 2 atom stereocenters. The van der Waals surface area contributed by atoms with Gasteiger partial charge in [-0.25, -0.2) is 4.98 Å². The molecule has 9 nitrogen and oxygen atoms in total. The van der Waals surface area contributed by atoms with Gasteiger partial charge in [0.05, 0.1) is 6.10 Å². The summed E-state index contributed by atoms with van der Waals surface area (Å²) >= 11 is 0. The number of anilines is 1. The number of hydrogen-bond donors (Lipinski definition) is 4. The van der Waals surface area contributed by atoms with Crippen LogP contribution in [-0.2, 0) is 16.0 Å². The highest BCUT2D eigenvalue weighted by molar-refractivity contribution is 5.95. The first-order chi connectivity index (χ1) is 15.4. The van der Waals surface area contributed by atoms with Gasteiger partial charge < -0.3 is 25.5 Å². The van der Waals surface area contributed by atoms with Gasteiger partial charge in [0.25, 0.3) is 12.4 Å². The predicted octanol–water partition coefficient (Wildman–Crippen LogP) is 1.56. The molecular weight excluding hydrogens is 414 g/mol. The smallest absolute Gasteiger partial charge is 0.314 e. The van der Waals surface area contributed by atoms with Gasteiger partial charge in [-0.05, 0) is 43.4 Å². The summed E-state index contributed by atoms with van der Waals surface area (Å²) in [4.78, 5) is 39.3. The van der Waals surface area contributed by atoms with Crippen LogP contribution in [0.15, 0.2) is 48.7 Å². The molecule has 2 fully saturated rings. The first kappa shape index (κ1) is 23.2. The number of nitrogens with one attached hydrogen (secondary N) is 1. The number of aliphatic carboxylic acids is 1. The van der Waals surface area contributed by atoms with E-state index < -0.39 is 17.5 Å². The van der Waals surface area contributed by atoms with Gasteiger partial charge >= 0.3 is 5.97 Å². The number of carbonyl (C=O) groups is 3. The van der Waals surface area contributed by atoms with E-state index in [9.17, 15) is 19.8 Å². The monoisotopic (exact) mass is 441 g/mol. The molecule has 2 heterocycles. The average molecular weight is 441 g/mol. The highest BCUT2D eigenvalue weighted by Gasteiger charge is 2.49. The topological polar surface area (TPSA) is 140 Å². The molecule has 1 aliphatic heterocycles. The second-order valence-electron chi connectivity index (χ2n) is 8.11. The SMILES string of the molecule is O=C(NC1CC1)c1ccnc(N2CC[C@H](O)[C@](Cc3ccccc3)(C(=O)O)C2)c1.O=CO. The Kier molecular flexibility index (Phi) is 7.42. The molecule has 170 valence electrons. The third kappa shape index (κ3) is 5.42. The Morgan fingerprint density at radius 2 is 1.88 bits per heavy atom. The van der Waals surface area contributed by atoms with Crippen LogP contribution in [0.4, 0.5) is 5.82 Å². The molecule has 32 heavy (non-hydrogen) atoms. The zero-order valence-electron chi connectivity index (χ0n) is 17.6. The number of carbonyl (C=O) groups excluding carboxylic acids is 1. The summed E-state index contributed by atoms with van der Waals surface area (Å²) in [6, 6.07) is 13.0. The maximum absolute atomic E-state index is 12.4. The van der Waals surface area contributed by atoms with Crippen molar-refractivity contribution in [1.82, 2.24) is 10.3 Å². The van der Waals surface area contributed by atoms with Gasteiger partial charge in [0.15, 0.2) is 0 Å². The summed E-state index contributed by atoms with van der Waals surface area (Å²) in [7, 11) is 0. The van der Waals surface area contributed by atoms with Crippen LogP contribution in [0.25, 0.3) is 0 Å². The normalized spacial score (nSPS) is 22.3. The van der Waals surface area contributed by atoms with Crippen LogP contribution in [0.1, 0.15) is 35.2 Å². The summed E-state index contributed by atoms with van der Waals surface area (Å²) in [5.41, 5.74) is 0.0337. The fraction of sp³-hybridized carbons (Fsp3) is 0.391. The van der Waals surface area contributed by atoms with E-state index >= 15 is 0 Å². The number of aliphatic hydroxyl groups is 1. The molecule has 1 aromatic heterocycles. The number of benzene rings is 1. The van der Waals surface area contributed by atoms with Gasteiger partial charge in [0, 0.05) is 30.9 Å². The molecule has 9 heteroatoms. The van der Waals surface area contributed by atoms with Gasteiger partial charge in [-0.15, -0.1) is 0 Å². The Bertz CT molecular complexity index is 950. The van der Waals surface area contributed by atoms with Gasteiger partial charge in [0.1, 0.15) is 11.2 Å². The third-order valence-corrected chi connectivity index (χ3v) is 5.82. The predicted molar refractivity (Wildman–Crippen MR) is 116 cm³/mol. The van der Waals surface area contributed by atoms with Crippen molar-refractivity contribution in [2.45, 2.75) is 37.8 Å². The number of hydrogen-bond acceptors (Lipinski definition) is 6. The van der Waals surface area contributed by atoms with Crippen LogP contribution in [0.5, 0.6) is 0 Å². The Morgan fingerprint density at radius 1 is 1.19 bits per heavy atom. The largest absolute Gasteiger partial charge is 0.483 e. The first-order valence-corrected chi connectivity index (χ1v) is 10.4. The summed E-state index contributed by atoms with van der Waals surface area (Å²) in [5, 5.41) is 30.6. The Morgan fingerprint density at radius 3 is 2.50 bits per heavy atom. The van der Waals surface area contributed by atoms with E-state index in [1.54, 1.807) is 18.3 Å². The molecule has 0 bridgehead atoms. The minimum Gasteiger partial charge on any atom is -0.483 e. The highest BCUT2D eigenvalue weighted by atomic mass is 16.4. The molecule has 0 radical (unpaired) electrons. The second-order valence-corrected chi connectivity index (χ2v) is 8.11. The summed E-state index contributed by atoms with van der Waals surface area (Å²) in [5.74, 6) is -0.609. The van der Waals surface area contributed by atoms with Crippen molar-refractivity contribution in [2.75, 3.05) is 18.0 Å². The van der Waals surface area contributed by atoms with Crippen molar-refractivity contribution < 1.29 is 29.7 Å². The van der Waals surface area contributed by atoms with Crippen molar-refractivity contribution >= 4 is 24.2 Å². The second kappa shape index (κ2) is 10.2. The lowest BCUT2D eigenvalue weighted by Crippen LogP contribution is -2.57. The third-order valence-electron chi connectivity index (χ3n) is 5.82. The molecule has 1 aromatic carbocycles. The molecule has 1 saturated carbocycles. The average Bonchev–Trinajstić information content (AvgIpc) is 3.60. The highest BCUT2D eigenvalue weighted by Crippen LogP contribution is 2.36. The van der Waals surface area contributed by atoms with Crippen LogP contribution < -0.4 is 10.2 Å². The van der Waals surface area contributed by atoms with Crippen molar-refractivity contribution in [2.24, 2.45) is 5.41 Å². The molecule has 1 amide bonds. The maximum Gasteiger partial charge on any atom is 0.314 e. The van der Waals surface area contributed by atoms with Gasteiger partial charge in [-0.2, -0.15) is 0 Å². The van der Waals surface area contributed by atoms with Crippen LogP contribution >= 0.6 is 0 Å². The summed E-state index contributed by atoms with van der Waals surface area (Å²) < 4.78 is 0. The summed E-state index contributed by atoms with van der Waals surface area (Å²) in [6.45, 7) is 0.352. The van der Waals surface area contributed by atoms with Crippen LogP contribution in [-0.4, -0.2) is 63.9 Å². The number of aromatic nitrogens is 1. The Hall–Kier alpha value is -3.46. The van der Waals surface area contributed by atoms with E-state index in [0.717, 1.165) is 18.4 Å². The standard InChI is InChI=1S/C22H25N3O4.CH2O2/c26-18-9-11-25(14-22(18,21(28)29)13-15-4-2-1-3-5-15)19-12-16(8-10-23-19)20(27)24-17-6-7-17;2-1-3/h1-5,8,10,12,17-18,26H,6-7,9,11,13-14H2,(H,24,27)(H,28,29);1H,(H,2,3)/t18-,22+;/m0./s1. The molecule has 0 unspecified atom stereocenters. The molecule has 4 rings (SSSR count). The van der Waals surface area contributed by atoms with Crippen molar-refractivity contribution in [3.8, 4) is 0 Å². The molecule has 2 aromatic rings. The maximum atomic E-state index is 12.4. The minimum atomic E-state index is -1.34. The number of carboxylic acids is 1. The number of amides is 1. The van der Waals surface area contributed by atoms with E-state index in [0.29, 0.717) is 24.3 Å². The molecule has 2 aliphatic rings. The van der Waals surface area contributed by atoms with Crippen molar-refractivity contribution in [3.63, 3.8) is 0 Å². The van der Waals surface area contributed by atoms with Gasteiger partial charge in [-0.1, -0.05) is 30.3 Å².